The van der Waals surface area contributed by atoms with Crippen molar-refractivity contribution in [3.05, 3.63) is 72.2 Å². The summed E-state index contributed by atoms with van der Waals surface area (Å²) in [6.45, 7) is 5.30. The molecule has 19 heavy (non-hydrogen) atoms. The van der Waals surface area contributed by atoms with E-state index >= 15 is 0 Å². The molecule has 1 aliphatic rings. The third-order valence-corrected chi connectivity index (χ3v) is 3.13. The molecule has 1 aliphatic carbocycles. The average molecular weight is 273 g/mol. The van der Waals surface area contributed by atoms with E-state index in [0.717, 1.165) is 22.7 Å². The van der Waals surface area contributed by atoms with Crippen LogP contribution in [0.25, 0.3) is 0 Å². The molecule has 0 radical (unpaired) electrons. The number of aliphatic hydroxyl groups excluding tert-OH is 1. The van der Waals surface area contributed by atoms with Crippen LogP contribution >= 0.6 is 11.8 Å². The van der Waals surface area contributed by atoms with Crippen molar-refractivity contribution in [1.82, 2.24) is 0 Å². The summed E-state index contributed by atoms with van der Waals surface area (Å²) >= 11 is 1.51. The third kappa shape index (κ3) is 5.18. The summed E-state index contributed by atoms with van der Waals surface area (Å²) in [7, 11) is 0. The van der Waals surface area contributed by atoms with Crippen molar-refractivity contribution in [3.63, 3.8) is 0 Å². The molecule has 0 bridgehead atoms. The Balaban J connectivity index is 3.10. The van der Waals surface area contributed by atoms with E-state index in [-0.39, 0.29) is 5.76 Å². The van der Waals surface area contributed by atoms with Gasteiger partial charge >= 0.3 is 0 Å². The van der Waals surface area contributed by atoms with Gasteiger partial charge in [-0.3, -0.25) is 0 Å². The Bertz CT molecular complexity index is 501. The van der Waals surface area contributed by atoms with E-state index in [0.29, 0.717) is 0 Å². The minimum atomic E-state index is 0.256. The number of allylic oxidation sites excluding steroid dienone is 9. The van der Waals surface area contributed by atoms with Crippen molar-refractivity contribution in [1.29, 1.82) is 0 Å². The van der Waals surface area contributed by atoms with Gasteiger partial charge in [0.05, 0.1) is 5.76 Å². The molecule has 2 nitrogen and oxygen atoms in total. The van der Waals surface area contributed by atoms with Crippen LogP contribution in [0.4, 0.5) is 0 Å². The largest absolute Gasteiger partial charge is 0.512 e. The number of nitrogens with zero attached hydrogens (tertiary/aromatic N) is 1. The van der Waals surface area contributed by atoms with E-state index in [4.69, 9.17) is 0 Å². The standard InChI is InChI=1S/C16H19NOS/c1-4-5-12-15(13(2)18)16(19-3)17-14-10-8-6-7-9-11-14/h4-10,12,18H,1,11H2,2-3H3/b12-5-,15-13-,17-16-. The first-order valence-electron chi connectivity index (χ1n) is 6.03. The minimum absolute atomic E-state index is 0.256. The van der Waals surface area contributed by atoms with Gasteiger partial charge in [-0.15, -0.1) is 11.8 Å². The molecule has 100 valence electrons. The summed E-state index contributed by atoms with van der Waals surface area (Å²) in [6.07, 6.45) is 18.0. The average Bonchev–Trinajstić information content (AvgIpc) is 2.66. The van der Waals surface area contributed by atoms with Gasteiger partial charge in [-0.05, 0) is 25.3 Å². The lowest BCUT2D eigenvalue weighted by Gasteiger charge is -2.07. The van der Waals surface area contributed by atoms with E-state index in [9.17, 15) is 5.11 Å². The Labute approximate surface area is 119 Å². The van der Waals surface area contributed by atoms with Crippen LogP contribution in [0, 0.1) is 0 Å². The summed E-state index contributed by atoms with van der Waals surface area (Å²) in [6, 6.07) is 0. The molecule has 3 heteroatoms. The fraction of sp³-hybridized carbons (Fsp3) is 0.188. The maximum Gasteiger partial charge on any atom is 0.107 e. The van der Waals surface area contributed by atoms with Crippen LogP contribution in [-0.4, -0.2) is 16.4 Å². The Morgan fingerprint density at radius 1 is 1.42 bits per heavy atom. The van der Waals surface area contributed by atoms with Gasteiger partial charge in [0.2, 0.25) is 0 Å². The number of hydrogen-bond acceptors (Lipinski definition) is 3. The summed E-state index contributed by atoms with van der Waals surface area (Å²) < 4.78 is 0. The molecular formula is C16H19NOS. The number of thioether (sulfide) groups is 1. The number of rotatable bonds is 4. The van der Waals surface area contributed by atoms with Crippen LogP contribution < -0.4 is 0 Å². The van der Waals surface area contributed by atoms with Crippen molar-refractivity contribution < 1.29 is 5.11 Å². The van der Waals surface area contributed by atoms with Crippen LogP contribution in [0.15, 0.2) is 77.2 Å². The highest BCUT2D eigenvalue weighted by atomic mass is 32.2. The van der Waals surface area contributed by atoms with E-state index < -0.39 is 0 Å². The molecule has 1 rings (SSSR count). The monoisotopic (exact) mass is 273 g/mol. The third-order valence-electron chi connectivity index (χ3n) is 2.43. The molecule has 0 fully saturated rings. The zero-order chi connectivity index (χ0) is 14.1. The lowest BCUT2D eigenvalue weighted by molar-refractivity contribution is 0.412. The minimum Gasteiger partial charge on any atom is -0.512 e. The lowest BCUT2D eigenvalue weighted by atomic mass is 10.2. The lowest BCUT2D eigenvalue weighted by Crippen LogP contribution is -1.99. The van der Waals surface area contributed by atoms with Gasteiger partial charge in [0, 0.05) is 17.7 Å². The van der Waals surface area contributed by atoms with Crippen LogP contribution in [0.2, 0.25) is 0 Å². The van der Waals surface area contributed by atoms with Crippen LogP contribution in [0.1, 0.15) is 13.3 Å². The normalized spacial score (nSPS) is 17.2. The molecule has 1 N–H and O–H groups in total. The Hall–Kier alpha value is -1.74. The highest BCUT2D eigenvalue weighted by Gasteiger charge is 2.07. The van der Waals surface area contributed by atoms with Gasteiger partial charge in [0.15, 0.2) is 0 Å². The highest BCUT2D eigenvalue weighted by Crippen LogP contribution is 2.19. The first-order chi connectivity index (χ1) is 9.19. The zero-order valence-electron chi connectivity index (χ0n) is 11.3. The van der Waals surface area contributed by atoms with Gasteiger partial charge in [0.1, 0.15) is 5.04 Å². The number of aliphatic hydroxyl groups is 1. The number of aliphatic imine (C=N–C) groups is 1. The first-order valence-corrected chi connectivity index (χ1v) is 7.26. The Morgan fingerprint density at radius 3 is 2.84 bits per heavy atom. The van der Waals surface area contributed by atoms with Crippen LogP contribution in [-0.2, 0) is 0 Å². The summed E-state index contributed by atoms with van der Waals surface area (Å²) in [5.41, 5.74) is 1.70. The molecular weight excluding hydrogens is 254 g/mol. The van der Waals surface area contributed by atoms with Gasteiger partial charge < -0.3 is 5.11 Å². The molecule has 0 spiro atoms. The summed E-state index contributed by atoms with van der Waals surface area (Å²) in [4.78, 5) is 4.62. The van der Waals surface area contributed by atoms with Crippen molar-refractivity contribution >= 4 is 16.8 Å². The van der Waals surface area contributed by atoms with Gasteiger partial charge in [-0.1, -0.05) is 43.0 Å². The molecule has 0 aliphatic heterocycles. The predicted octanol–water partition coefficient (Wildman–Crippen LogP) is 4.72. The second kappa shape index (κ2) is 8.38. The van der Waals surface area contributed by atoms with Crippen molar-refractivity contribution in [2.24, 2.45) is 4.99 Å². The summed E-state index contributed by atoms with van der Waals surface area (Å²) in [5, 5.41) is 10.6. The molecule has 0 saturated heterocycles. The first kappa shape index (κ1) is 15.3. The highest BCUT2D eigenvalue weighted by molar-refractivity contribution is 8.13. The smallest absolute Gasteiger partial charge is 0.107 e. The molecule has 0 atom stereocenters. The van der Waals surface area contributed by atoms with E-state index in [1.807, 2.05) is 36.6 Å². The SMILES string of the molecule is C=C\C=C/C(C(=N/C1=CC=CC=CC1)/SC)=C(\C)O. The van der Waals surface area contributed by atoms with E-state index in [1.165, 1.54) is 11.8 Å². The fourth-order valence-corrected chi connectivity index (χ4v) is 2.15. The van der Waals surface area contributed by atoms with E-state index in [2.05, 4.69) is 17.6 Å². The van der Waals surface area contributed by atoms with Gasteiger partial charge in [-0.2, -0.15) is 0 Å². The second-order valence-corrected chi connectivity index (χ2v) is 4.69. The maximum absolute atomic E-state index is 9.78. The van der Waals surface area contributed by atoms with Crippen molar-refractivity contribution in [3.8, 4) is 0 Å². The quantitative estimate of drug-likeness (QED) is 0.348. The van der Waals surface area contributed by atoms with Gasteiger partial charge in [0.25, 0.3) is 0 Å². The molecule has 0 saturated carbocycles. The van der Waals surface area contributed by atoms with Crippen LogP contribution in [0.5, 0.6) is 0 Å². The molecule has 0 aromatic heterocycles. The zero-order valence-corrected chi connectivity index (χ0v) is 12.2. The Kier molecular flexibility index (Phi) is 6.75. The topological polar surface area (TPSA) is 32.6 Å². The van der Waals surface area contributed by atoms with E-state index in [1.54, 1.807) is 19.1 Å². The molecule has 0 unspecified atom stereocenters. The van der Waals surface area contributed by atoms with Gasteiger partial charge in [-0.25, -0.2) is 4.99 Å². The fourth-order valence-electron chi connectivity index (χ4n) is 1.51. The molecule has 0 aromatic carbocycles. The number of hydrogen-bond donors (Lipinski definition) is 1. The second-order valence-electron chi connectivity index (χ2n) is 3.89. The van der Waals surface area contributed by atoms with Crippen molar-refractivity contribution in [2.75, 3.05) is 6.26 Å². The predicted molar refractivity (Wildman–Crippen MR) is 86.6 cm³/mol. The van der Waals surface area contributed by atoms with Crippen LogP contribution in [0.3, 0.4) is 0 Å². The maximum atomic E-state index is 9.78. The Morgan fingerprint density at radius 2 is 2.21 bits per heavy atom. The van der Waals surface area contributed by atoms with Crippen molar-refractivity contribution in [2.45, 2.75) is 13.3 Å². The molecule has 0 amide bonds. The summed E-state index contributed by atoms with van der Waals surface area (Å²) in [5.74, 6) is 0.256. The molecule has 0 heterocycles. The molecule has 0 aromatic rings.